The van der Waals surface area contributed by atoms with Crippen molar-refractivity contribution in [2.24, 2.45) is 7.05 Å². The first-order valence-electron chi connectivity index (χ1n) is 5.96. The van der Waals surface area contributed by atoms with Crippen molar-refractivity contribution in [3.8, 4) is 0 Å². The Balaban J connectivity index is 1.89. The number of benzene rings is 1. The summed E-state index contributed by atoms with van der Waals surface area (Å²) in [5.74, 6) is 0.642. The van der Waals surface area contributed by atoms with Crippen LogP contribution < -0.4 is 5.32 Å². The maximum Gasteiger partial charge on any atom is 0.226 e. The third-order valence-corrected chi connectivity index (χ3v) is 3.60. The van der Waals surface area contributed by atoms with Crippen LogP contribution in [-0.4, -0.2) is 19.5 Å². The Hall–Kier alpha value is -1.66. The van der Waals surface area contributed by atoms with Crippen molar-refractivity contribution in [1.82, 2.24) is 19.5 Å². The van der Waals surface area contributed by atoms with E-state index in [1.165, 1.54) is 0 Å². The quantitative estimate of drug-likeness (QED) is 0.734. The fraction of sp³-hybridized carbons (Fsp3) is 0.154. The van der Waals surface area contributed by atoms with Gasteiger partial charge in [-0.2, -0.15) is 9.97 Å². The summed E-state index contributed by atoms with van der Waals surface area (Å²) in [6.45, 7) is 0.645. The van der Waals surface area contributed by atoms with Crippen LogP contribution in [0.3, 0.4) is 0 Å². The lowest BCUT2D eigenvalue weighted by Gasteiger charge is -2.07. The van der Waals surface area contributed by atoms with E-state index in [-0.39, 0.29) is 5.28 Å². The molecular weight excluding hydrogens is 342 g/mol. The van der Waals surface area contributed by atoms with Gasteiger partial charge >= 0.3 is 0 Å². The number of imidazole rings is 1. The summed E-state index contributed by atoms with van der Waals surface area (Å²) in [6.07, 6.45) is 1.69. The van der Waals surface area contributed by atoms with E-state index in [9.17, 15) is 0 Å². The van der Waals surface area contributed by atoms with Gasteiger partial charge in [0.1, 0.15) is 0 Å². The second-order valence-corrected chi connectivity index (χ2v) is 5.60. The van der Waals surface area contributed by atoms with Gasteiger partial charge in [0.2, 0.25) is 5.28 Å². The first-order chi connectivity index (χ1) is 9.63. The molecule has 0 unspecified atom stereocenters. The molecule has 0 aliphatic rings. The Morgan fingerprint density at radius 3 is 2.75 bits per heavy atom. The average molecular weight is 353 g/mol. The minimum Gasteiger partial charge on any atom is -0.364 e. The van der Waals surface area contributed by atoms with E-state index in [1.54, 1.807) is 6.33 Å². The van der Waals surface area contributed by atoms with Crippen LogP contribution in [0.4, 0.5) is 5.82 Å². The number of aromatic nitrogens is 4. The second kappa shape index (κ2) is 5.38. The third kappa shape index (κ3) is 2.62. The molecule has 0 aliphatic carbocycles. The van der Waals surface area contributed by atoms with Gasteiger partial charge < -0.3 is 9.88 Å². The van der Waals surface area contributed by atoms with E-state index in [1.807, 2.05) is 35.9 Å². The van der Waals surface area contributed by atoms with Gasteiger partial charge in [-0.05, 0) is 29.3 Å². The summed E-state index contributed by atoms with van der Waals surface area (Å²) in [6, 6.07) is 8.08. The summed E-state index contributed by atoms with van der Waals surface area (Å²) < 4.78 is 2.87. The van der Waals surface area contributed by atoms with Crippen molar-refractivity contribution in [3.63, 3.8) is 0 Å². The lowest BCUT2D eigenvalue weighted by atomic mass is 10.2. The van der Waals surface area contributed by atoms with Crippen LogP contribution in [0.25, 0.3) is 11.2 Å². The van der Waals surface area contributed by atoms with Crippen LogP contribution >= 0.6 is 27.5 Å². The summed E-state index contributed by atoms with van der Waals surface area (Å²) >= 11 is 9.36. The van der Waals surface area contributed by atoms with Gasteiger partial charge in [0.05, 0.1) is 6.33 Å². The number of halogens is 2. The van der Waals surface area contributed by atoms with E-state index >= 15 is 0 Å². The highest BCUT2D eigenvalue weighted by atomic mass is 79.9. The van der Waals surface area contributed by atoms with Crippen LogP contribution in [-0.2, 0) is 13.6 Å². The van der Waals surface area contributed by atoms with Crippen LogP contribution in [0.2, 0.25) is 5.28 Å². The normalized spacial score (nSPS) is 10.9. The van der Waals surface area contributed by atoms with Crippen molar-refractivity contribution in [1.29, 1.82) is 0 Å². The highest BCUT2D eigenvalue weighted by Gasteiger charge is 2.10. The van der Waals surface area contributed by atoms with Crippen molar-refractivity contribution in [3.05, 3.63) is 45.9 Å². The molecule has 3 rings (SSSR count). The Morgan fingerprint density at radius 1 is 1.25 bits per heavy atom. The van der Waals surface area contributed by atoms with Gasteiger partial charge in [0, 0.05) is 18.1 Å². The number of anilines is 1. The van der Waals surface area contributed by atoms with Gasteiger partial charge in [0.25, 0.3) is 0 Å². The minimum atomic E-state index is 0.208. The number of hydrogen-bond acceptors (Lipinski definition) is 4. The molecule has 0 atom stereocenters. The van der Waals surface area contributed by atoms with E-state index in [0.717, 1.165) is 10.0 Å². The second-order valence-electron chi connectivity index (χ2n) is 4.35. The van der Waals surface area contributed by atoms with E-state index < -0.39 is 0 Å². The number of nitrogens with one attached hydrogen (secondary N) is 1. The van der Waals surface area contributed by atoms with Gasteiger partial charge in [-0.1, -0.05) is 28.1 Å². The molecule has 0 radical (unpaired) electrons. The molecule has 0 saturated heterocycles. The van der Waals surface area contributed by atoms with Gasteiger partial charge in [-0.25, -0.2) is 4.98 Å². The molecule has 0 bridgehead atoms. The molecule has 0 saturated carbocycles. The Labute approximate surface area is 129 Å². The van der Waals surface area contributed by atoms with E-state index in [4.69, 9.17) is 11.6 Å². The smallest absolute Gasteiger partial charge is 0.226 e. The Bertz CT molecular complexity index is 753. The number of hydrogen-bond donors (Lipinski definition) is 1. The van der Waals surface area contributed by atoms with Crippen molar-refractivity contribution in [2.75, 3.05) is 5.32 Å². The Kier molecular flexibility index (Phi) is 3.58. The molecule has 1 aromatic carbocycles. The fourth-order valence-electron chi connectivity index (χ4n) is 1.89. The van der Waals surface area contributed by atoms with Crippen LogP contribution in [0, 0.1) is 0 Å². The largest absolute Gasteiger partial charge is 0.364 e. The summed E-state index contributed by atoms with van der Waals surface area (Å²) in [5.41, 5.74) is 2.57. The maximum absolute atomic E-state index is 5.95. The molecule has 0 amide bonds. The molecule has 0 spiro atoms. The summed E-state index contributed by atoms with van der Waals surface area (Å²) in [5, 5.41) is 3.46. The molecule has 3 aromatic rings. The summed E-state index contributed by atoms with van der Waals surface area (Å²) in [4.78, 5) is 12.7. The molecule has 20 heavy (non-hydrogen) atoms. The van der Waals surface area contributed by atoms with Crippen LogP contribution in [0.15, 0.2) is 35.1 Å². The highest BCUT2D eigenvalue weighted by Crippen LogP contribution is 2.21. The van der Waals surface area contributed by atoms with Gasteiger partial charge in [0.15, 0.2) is 17.0 Å². The van der Waals surface area contributed by atoms with E-state index in [2.05, 4.69) is 36.2 Å². The molecular formula is C13H11BrClN5. The van der Waals surface area contributed by atoms with Crippen LogP contribution in [0.1, 0.15) is 5.56 Å². The fourth-order valence-corrected chi connectivity index (χ4v) is 2.32. The standard InChI is InChI=1S/C13H11BrClN5/c1-20-7-17-10-11(18-13(15)19-12(10)20)16-6-8-2-4-9(14)5-3-8/h2-5,7H,6H2,1H3,(H,16,18,19). The molecule has 5 nitrogen and oxygen atoms in total. The van der Waals surface area contributed by atoms with Crippen LogP contribution in [0.5, 0.6) is 0 Å². The number of nitrogens with zero attached hydrogens (tertiary/aromatic N) is 4. The van der Waals surface area contributed by atoms with Crippen molar-refractivity contribution >= 4 is 44.5 Å². The molecule has 7 heteroatoms. The monoisotopic (exact) mass is 351 g/mol. The number of aryl methyl sites for hydroxylation is 1. The van der Waals surface area contributed by atoms with E-state index in [0.29, 0.717) is 23.5 Å². The number of fused-ring (bicyclic) bond motifs is 1. The number of rotatable bonds is 3. The molecule has 2 aromatic heterocycles. The first kappa shape index (κ1) is 13.3. The zero-order valence-electron chi connectivity index (χ0n) is 10.6. The maximum atomic E-state index is 5.95. The molecule has 0 fully saturated rings. The molecule has 0 aliphatic heterocycles. The zero-order valence-corrected chi connectivity index (χ0v) is 13.0. The highest BCUT2D eigenvalue weighted by molar-refractivity contribution is 9.10. The predicted molar refractivity (Wildman–Crippen MR) is 82.8 cm³/mol. The molecule has 1 N–H and O–H groups in total. The molecule has 2 heterocycles. The zero-order chi connectivity index (χ0) is 14.1. The molecule has 102 valence electrons. The Morgan fingerprint density at radius 2 is 2.00 bits per heavy atom. The topological polar surface area (TPSA) is 55.6 Å². The predicted octanol–water partition coefficient (Wildman–Crippen LogP) is 3.39. The third-order valence-electron chi connectivity index (χ3n) is 2.91. The SMILES string of the molecule is Cn1cnc2c(NCc3ccc(Br)cc3)nc(Cl)nc21. The first-order valence-corrected chi connectivity index (χ1v) is 7.13. The lowest BCUT2D eigenvalue weighted by molar-refractivity contribution is 0.928. The summed E-state index contributed by atoms with van der Waals surface area (Å²) in [7, 11) is 1.87. The minimum absolute atomic E-state index is 0.208. The van der Waals surface area contributed by atoms with Gasteiger partial charge in [-0.15, -0.1) is 0 Å². The average Bonchev–Trinajstić information content (AvgIpc) is 2.80. The van der Waals surface area contributed by atoms with Gasteiger partial charge in [-0.3, -0.25) is 0 Å². The van der Waals surface area contributed by atoms with Crippen molar-refractivity contribution < 1.29 is 0 Å². The lowest BCUT2D eigenvalue weighted by Crippen LogP contribution is -2.03. The van der Waals surface area contributed by atoms with Crippen molar-refractivity contribution in [2.45, 2.75) is 6.54 Å².